The molecule has 1 aromatic carbocycles. The number of nitrogens with zero attached hydrogens (tertiary/aromatic N) is 3. The largest absolute Gasteiger partial charge is 0.337 e. The summed E-state index contributed by atoms with van der Waals surface area (Å²) >= 11 is 0. The minimum atomic E-state index is -0.344. The minimum absolute atomic E-state index is 0.171. The zero-order valence-corrected chi connectivity index (χ0v) is 10.5. The fourth-order valence-electron chi connectivity index (χ4n) is 1.96. The highest BCUT2D eigenvalue weighted by molar-refractivity contribution is 5.39. The Morgan fingerprint density at radius 2 is 2.11 bits per heavy atom. The Kier molecular flexibility index (Phi) is 4.25. The molecule has 0 unspecified atom stereocenters. The van der Waals surface area contributed by atoms with Gasteiger partial charge in [0.25, 0.3) is 5.69 Å². The van der Waals surface area contributed by atoms with Gasteiger partial charge in [-0.25, -0.2) is 4.98 Å². The minimum Gasteiger partial charge on any atom is -0.337 e. The fraction of sp³-hybridized carbons (Fsp3) is 0.308. The van der Waals surface area contributed by atoms with E-state index in [1.807, 2.05) is 16.8 Å². The van der Waals surface area contributed by atoms with Crippen LogP contribution in [0.4, 0.5) is 5.69 Å². The zero-order valence-electron chi connectivity index (χ0n) is 10.5. The maximum absolute atomic E-state index is 10.9. The molecule has 0 atom stereocenters. The molecule has 0 aliphatic carbocycles. The van der Waals surface area contributed by atoms with Crippen molar-refractivity contribution in [2.24, 2.45) is 5.73 Å². The summed E-state index contributed by atoms with van der Waals surface area (Å²) in [6.07, 6.45) is 5.02. The van der Waals surface area contributed by atoms with Crippen LogP contribution in [0.5, 0.6) is 0 Å². The van der Waals surface area contributed by atoms with E-state index in [0.29, 0.717) is 19.5 Å². The van der Waals surface area contributed by atoms with Gasteiger partial charge in [0.15, 0.2) is 0 Å². The van der Waals surface area contributed by atoms with Crippen LogP contribution in [0.3, 0.4) is 0 Å². The average Bonchev–Trinajstić information content (AvgIpc) is 2.85. The number of nitro benzene ring substituents is 1. The van der Waals surface area contributed by atoms with Crippen molar-refractivity contribution < 1.29 is 4.92 Å². The smallest absolute Gasteiger partial charge is 0.272 e. The van der Waals surface area contributed by atoms with Crippen LogP contribution in [0.15, 0.2) is 36.8 Å². The molecule has 1 aromatic heterocycles. The van der Waals surface area contributed by atoms with Crippen LogP contribution in [0.25, 0.3) is 0 Å². The Morgan fingerprint density at radius 3 is 2.84 bits per heavy atom. The molecule has 100 valence electrons. The first-order chi connectivity index (χ1) is 9.20. The maximum atomic E-state index is 10.9. The topological polar surface area (TPSA) is 87.0 Å². The maximum Gasteiger partial charge on any atom is 0.272 e. The van der Waals surface area contributed by atoms with Gasteiger partial charge in [0, 0.05) is 30.8 Å². The molecule has 0 amide bonds. The van der Waals surface area contributed by atoms with Crippen LogP contribution in [0, 0.1) is 10.1 Å². The highest BCUT2D eigenvalue weighted by atomic mass is 16.6. The van der Waals surface area contributed by atoms with Crippen molar-refractivity contribution in [1.82, 2.24) is 9.55 Å². The zero-order chi connectivity index (χ0) is 13.7. The molecule has 1 heterocycles. The SMILES string of the molecule is NCCc1cn(CCc2ccccc2[N+](=O)[O-])cn1. The Bertz CT molecular complexity index is 565. The third-order valence-corrected chi connectivity index (χ3v) is 2.91. The molecule has 0 spiro atoms. The number of nitro groups is 1. The molecule has 0 bridgehead atoms. The lowest BCUT2D eigenvalue weighted by Crippen LogP contribution is -2.03. The number of hydrogen-bond donors (Lipinski definition) is 1. The van der Waals surface area contributed by atoms with Gasteiger partial charge in [-0.15, -0.1) is 0 Å². The number of nitrogens with two attached hydrogens (primary N) is 1. The molecule has 0 saturated heterocycles. The lowest BCUT2D eigenvalue weighted by Gasteiger charge is -2.03. The van der Waals surface area contributed by atoms with E-state index in [-0.39, 0.29) is 10.6 Å². The molecule has 0 aliphatic rings. The fourth-order valence-corrected chi connectivity index (χ4v) is 1.96. The van der Waals surface area contributed by atoms with E-state index in [0.717, 1.165) is 17.7 Å². The Hall–Kier alpha value is -2.21. The van der Waals surface area contributed by atoms with E-state index in [9.17, 15) is 10.1 Å². The summed E-state index contributed by atoms with van der Waals surface area (Å²) in [6, 6.07) is 6.81. The molecule has 0 radical (unpaired) electrons. The summed E-state index contributed by atoms with van der Waals surface area (Å²) in [6.45, 7) is 1.24. The molecule has 2 rings (SSSR count). The van der Waals surface area contributed by atoms with E-state index in [1.165, 1.54) is 6.07 Å². The van der Waals surface area contributed by atoms with E-state index >= 15 is 0 Å². The number of aromatic nitrogens is 2. The van der Waals surface area contributed by atoms with Gasteiger partial charge in [-0.1, -0.05) is 18.2 Å². The van der Waals surface area contributed by atoms with Crippen molar-refractivity contribution in [3.63, 3.8) is 0 Å². The average molecular weight is 260 g/mol. The van der Waals surface area contributed by atoms with Gasteiger partial charge in [0.1, 0.15) is 0 Å². The Balaban J connectivity index is 2.03. The van der Waals surface area contributed by atoms with Crippen LogP contribution >= 0.6 is 0 Å². The lowest BCUT2D eigenvalue weighted by atomic mass is 10.1. The van der Waals surface area contributed by atoms with E-state index in [2.05, 4.69) is 4.98 Å². The van der Waals surface area contributed by atoms with Crippen LogP contribution < -0.4 is 5.73 Å². The monoisotopic (exact) mass is 260 g/mol. The summed E-state index contributed by atoms with van der Waals surface area (Å²) in [5.41, 5.74) is 7.32. The van der Waals surface area contributed by atoms with Crippen LogP contribution in [0.2, 0.25) is 0 Å². The summed E-state index contributed by atoms with van der Waals surface area (Å²) in [4.78, 5) is 14.8. The number of para-hydroxylation sites is 1. The van der Waals surface area contributed by atoms with Crippen molar-refractivity contribution in [3.8, 4) is 0 Å². The second-order valence-corrected chi connectivity index (χ2v) is 4.28. The Morgan fingerprint density at radius 1 is 1.32 bits per heavy atom. The molecule has 19 heavy (non-hydrogen) atoms. The normalized spacial score (nSPS) is 10.6. The first-order valence-electron chi connectivity index (χ1n) is 6.13. The van der Waals surface area contributed by atoms with Gasteiger partial charge >= 0.3 is 0 Å². The number of imidazole rings is 1. The predicted octanol–water partition coefficient (Wildman–Crippen LogP) is 1.54. The number of benzene rings is 1. The third kappa shape index (κ3) is 3.38. The van der Waals surface area contributed by atoms with Gasteiger partial charge in [0.05, 0.1) is 16.9 Å². The third-order valence-electron chi connectivity index (χ3n) is 2.91. The molecule has 0 fully saturated rings. The van der Waals surface area contributed by atoms with Crippen molar-refractivity contribution >= 4 is 5.69 Å². The summed E-state index contributed by atoms with van der Waals surface area (Å²) < 4.78 is 1.93. The molecular formula is C13H16N4O2. The molecular weight excluding hydrogens is 244 g/mol. The van der Waals surface area contributed by atoms with Crippen molar-refractivity contribution in [1.29, 1.82) is 0 Å². The predicted molar refractivity (Wildman–Crippen MR) is 71.8 cm³/mol. The lowest BCUT2D eigenvalue weighted by molar-refractivity contribution is -0.385. The van der Waals surface area contributed by atoms with Gasteiger partial charge < -0.3 is 10.3 Å². The number of hydrogen-bond acceptors (Lipinski definition) is 4. The molecule has 6 heteroatoms. The van der Waals surface area contributed by atoms with E-state index in [1.54, 1.807) is 18.5 Å². The van der Waals surface area contributed by atoms with Crippen LogP contribution in [0.1, 0.15) is 11.3 Å². The number of rotatable bonds is 6. The molecule has 2 aromatic rings. The summed E-state index contributed by atoms with van der Waals surface area (Å²) in [5, 5.41) is 10.9. The molecule has 0 saturated carbocycles. The van der Waals surface area contributed by atoms with Gasteiger partial charge in [0.2, 0.25) is 0 Å². The van der Waals surface area contributed by atoms with Crippen LogP contribution in [-0.2, 0) is 19.4 Å². The van der Waals surface area contributed by atoms with Crippen LogP contribution in [-0.4, -0.2) is 21.0 Å². The highest BCUT2D eigenvalue weighted by Gasteiger charge is 2.11. The molecule has 6 nitrogen and oxygen atoms in total. The van der Waals surface area contributed by atoms with Crippen molar-refractivity contribution in [2.75, 3.05) is 6.54 Å². The number of aryl methyl sites for hydroxylation is 2. The summed E-state index contributed by atoms with van der Waals surface area (Å²) in [5.74, 6) is 0. The first-order valence-corrected chi connectivity index (χ1v) is 6.13. The van der Waals surface area contributed by atoms with Crippen molar-refractivity contribution in [3.05, 3.63) is 58.2 Å². The molecule has 2 N–H and O–H groups in total. The van der Waals surface area contributed by atoms with Gasteiger partial charge in [-0.3, -0.25) is 10.1 Å². The quantitative estimate of drug-likeness (QED) is 0.630. The van der Waals surface area contributed by atoms with Gasteiger partial charge in [-0.2, -0.15) is 0 Å². The first kappa shape index (κ1) is 13.2. The second kappa shape index (κ2) is 6.10. The van der Waals surface area contributed by atoms with E-state index < -0.39 is 0 Å². The second-order valence-electron chi connectivity index (χ2n) is 4.28. The van der Waals surface area contributed by atoms with Gasteiger partial charge in [-0.05, 0) is 13.0 Å². The Labute approximate surface area is 111 Å². The summed E-state index contributed by atoms with van der Waals surface area (Å²) in [7, 11) is 0. The van der Waals surface area contributed by atoms with Crippen molar-refractivity contribution in [2.45, 2.75) is 19.4 Å². The molecule has 0 aliphatic heterocycles. The van der Waals surface area contributed by atoms with E-state index in [4.69, 9.17) is 5.73 Å². The highest BCUT2D eigenvalue weighted by Crippen LogP contribution is 2.18. The standard InChI is InChI=1S/C13H16N4O2/c14-7-5-12-9-16(10-15-12)8-6-11-3-1-2-4-13(11)17(18)19/h1-4,9-10H,5-8,14H2.